The highest BCUT2D eigenvalue weighted by atomic mass is 16.5. The highest BCUT2D eigenvalue weighted by Gasteiger charge is 2.26. The molecule has 1 heterocycles. The minimum atomic E-state index is 0.348. The fourth-order valence-electron chi connectivity index (χ4n) is 2.48. The Labute approximate surface area is 107 Å². The third-order valence-electron chi connectivity index (χ3n) is 3.27. The van der Waals surface area contributed by atoms with Gasteiger partial charge in [0.25, 0.3) is 0 Å². The Morgan fingerprint density at radius 2 is 1.71 bits per heavy atom. The second-order valence-electron chi connectivity index (χ2n) is 6.10. The number of hydrogen-bond acceptors (Lipinski definition) is 3. The molecule has 0 spiro atoms. The predicted octanol–water partition coefficient (Wildman–Crippen LogP) is 1.98. The fourth-order valence-corrected chi connectivity index (χ4v) is 2.48. The van der Waals surface area contributed by atoms with Crippen molar-refractivity contribution in [2.75, 3.05) is 32.8 Å². The Kier molecular flexibility index (Phi) is 6.45. The van der Waals surface area contributed by atoms with E-state index in [1.165, 1.54) is 13.1 Å². The van der Waals surface area contributed by atoms with Crippen LogP contribution in [0.3, 0.4) is 0 Å². The summed E-state index contributed by atoms with van der Waals surface area (Å²) in [5, 5.41) is 3.43. The standard InChI is InChI=1S/C14H30N2O/c1-11(2)9-16(10-12(3)4)13(5)14-8-15-6-7-17-14/h11-15H,6-10H2,1-5H3. The minimum absolute atomic E-state index is 0.348. The number of nitrogens with one attached hydrogen (secondary N) is 1. The summed E-state index contributed by atoms with van der Waals surface area (Å²) in [6.45, 7) is 16.7. The van der Waals surface area contributed by atoms with Gasteiger partial charge in [0, 0.05) is 32.2 Å². The summed E-state index contributed by atoms with van der Waals surface area (Å²) in [5.74, 6) is 1.43. The van der Waals surface area contributed by atoms with Crippen LogP contribution in [0, 0.1) is 11.8 Å². The summed E-state index contributed by atoms with van der Waals surface area (Å²) >= 11 is 0. The topological polar surface area (TPSA) is 24.5 Å². The summed E-state index contributed by atoms with van der Waals surface area (Å²) in [5.41, 5.74) is 0. The quantitative estimate of drug-likeness (QED) is 0.771. The number of rotatable bonds is 6. The molecule has 0 aromatic carbocycles. The molecule has 1 fully saturated rings. The molecule has 0 bridgehead atoms. The summed E-state index contributed by atoms with van der Waals surface area (Å²) in [6, 6.07) is 0.507. The zero-order valence-electron chi connectivity index (χ0n) is 12.2. The van der Waals surface area contributed by atoms with Crippen molar-refractivity contribution >= 4 is 0 Å². The highest BCUT2D eigenvalue weighted by Crippen LogP contribution is 2.14. The van der Waals surface area contributed by atoms with Crippen LogP contribution in [0.5, 0.6) is 0 Å². The maximum Gasteiger partial charge on any atom is 0.0852 e. The third-order valence-corrected chi connectivity index (χ3v) is 3.27. The lowest BCUT2D eigenvalue weighted by molar-refractivity contribution is -0.0311. The van der Waals surface area contributed by atoms with Gasteiger partial charge in [0.05, 0.1) is 12.7 Å². The van der Waals surface area contributed by atoms with Crippen LogP contribution < -0.4 is 5.32 Å². The zero-order valence-corrected chi connectivity index (χ0v) is 12.2. The van der Waals surface area contributed by atoms with Gasteiger partial charge < -0.3 is 10.1 Å². The molecule has 3 nitrogen and oxygen atoms in total. The molecule has 1 N–H and O–H groups in total. The summed E-state index contributed by atoms with van der Waals surface area (Å²) in [7, 11) is 0. The van der Waals surface area contributed by atoms with Gasteiger partial charge in [-0.25, -0.2) is 0 Å². The van der Waals surface area contributed by atoms with Gasteiger partial charge in [-0.15, -0.1) is 0 Å². The molecule has 0 aliphatic carbocycles. The van der Waals surface area contributed by atoms with Gasteiger partial charge in [0.1, 0.15) is 0 Å². The van der Waals surface area contributed by atoms with Gasteiger partial charge in [0.15, 0.2) is 0 Å². The zero-order chi connectivity index (χ0) is 12.8. The van der Waals surface area contributed by atoms with E-state index < -0.39 is 0 Å². The summed E-state index contributed by atoms with van der Waals surface area (Å²) in [6.07, 6.45) is 0.348. The maximum atomic E-state index is 5.88. The smallest absolute Gasteiger partial charge is 0.0852 e. The van der Waals surface area contributed by atoms with Crippen LogP contribution in [-0.4, -0.2) is 49.8 Å². The van der Waals surface area contributed by atoms with Gasteiger partial charge >= 0.3 is 0 Å². The number of morpholine rings is 1. The molecule has 17 heavy (non-hydrogen) atoms. The van der Waals surface area contributed by atoms with Gasteiger partial charge in [-0.05, 0) is 18.8 Å². The van der Waals surface area contributed by atoms with E-state index in [1.807, 2.05) is 0 Å². The van der Waals surface area contributed by atoms with Crippen molar-refractivity contribution in [3.63, 3.8) is 0 Å². The first-order valence-electron chi connectivity index (χ1n) is 7.07. The van der Waals surface area contributed by atoms with Crippen LogP contribution in [0.15, 0.2) is 0 Å². The Bertz CT molecular complexity index is 190. The van der Waals surface area contributed by atoms with E-state index in [0.29, 0.717) is 24.0 Å². The Morgan fingerprint density at radius 1 is 1.12 bits per heavy atom. The molecule has 0 aromatic heterocycles. The summed E-state index contributed by atoms with van der Waals surface area (Å²) in [4.78, 5) is 2.59. The largest absolute Gasteiger partial charge is 0.374 e. The second-order valence-corrected chi connectivity index (χ2v) is 6.10. The van der Waals surface area contributed by atoms with Gasteiger partial charge in [-0.1, -0.05) is 27.7 Å². The molecule has 3 heteroatoms. The monoisotopic (exact) mass is 242 g/mol. The first-order chi connectivity index (χ1) is 8.00. The summed E-state index contributed by atoms with van der Waals surface area (Å²) < 4.78 is 5.88. The minimum Gasteiger partial charge on any atom is -0.374 e. The van der Waals surface area contributed by atoms with Crippen molar-refractivity contribution in [2.24, 2.45) is 11.8 Å². The molecule has 2 atom stereocenters. The molecule has 0 saturated carbocycles. The molecule has 0 amide bonds. The highest BCUT2D eigenvalue weighted by molar-refractivity contribution is 4.81. The van der Waals surface area contributed by atoms with Crippen molar-refractivity contribution in [2.45, 2.75) is 46.8 Å². The van der Waals surface area contributed by atoms with Gasteiger partial charge in [0.2, 0.25) is 0 Å². The number of hydrogen-bond donors (Lipinski definition) is 1. The third kappa shape index (κ3) is 5.36. The van der Waals surface area contributed by atoms with Crippen LogP contribution in [0.25, 0.3) is 0 Å². The molecular formula is C14H30N2O. The second kappa shape index (κ2) is 7.34. The first kappa shape index (κ1) is 14.9. The van der Waals surface area contributed by atoms with Crippen LogP contribution >= 0.6 is 0 Å². The molecule has 2 unspecified atom stereocenters. The number of ether oxygens (including phenoxy) is 1. The van der Waals surface area contributed by atoms with E-state index in [-0.39, 0.29) is 0 Å². The van der Waals surface area contributed by atoms with Crippen LogP contribution in [0.2, 0.25) is 0 Å². The van der Waals surface area contributed by atoms with Crippen molar-refractivity contribution in [3.05, 3.63) is 0 Å². The van der Waals surface area contributed by atoms with Crippen molar-refractivity contribution in [1.82, 2.24) is 10.2 Å². The van der Waals surface area contributed by atoms with Crippen LogP contribution in [-0.2, 0) is 4.74 Å². The maximum absolute atomic E-state index is 5.88. The van der Waals surface area contributed by atoms with Gasteiger partial charge in [-0.3, -0.25) is 4.90 Å². The molecule has 1 aliphatic rings. The SMILES string of the molecule is CC(C)CN(CC(C)C)C(C)C1CNCCO1. The number of nitrogens with zero attached hydrogens (tertiary/aromatic N) is 1. The van der Waals surface area contributed by atoms with Crippen molar-refractivity contribution < 1.29 is 4.74 Å². The normalized spacial score (nSPS) is 23.6. The molecule has 1 rings (SSSR count). The molecule has 1 aliphatic heterocycles. The van der Waals surface area contributed by atoms with E-state index in [1.54, 1.807) is 0 Å². The lowest BCUT2D eigenvalue weighted by atomic mass is 10.1. The molecule has 1 saturated heterocycles. The van der Waals surface area contributed by atoms with E-state index in [9.17, 15) is 0 Å². The lowest BCUT2D eigenvalue weighted by Crippen LogP contribution is -2.52. The average molecular weight is 242 g/mol. The Morgan fingerprint density at radius 3 is 2.12 bits per heavy atom. The van der Waals surface area contributed by atoms with E-state index in [4.69, 9.17) is 4.74 Å². The lowest BCUT2D eigenvalue weighted by Gasteiger charge is -2.38. The predicted molar refractivity (Wildman–Crippen MR) is 73.3 cm³/mol. The molecule has 102 valence electrons. The molecular weight excluding hydrogens is 212 g/mol. The van der Waals surface area contributed by atoms with Crippen molar-refractivity contribution in [1.29, 1.82) is 0 Å². The van der Waals surface area contributed by atoms with Crippen LogP contribution in [0.4, 0.5) is 0 Å². The van der Waals surface area contributed by atoms with E-state index >= 15 is 0 Å². The van der Waals surface area contributed by atoms with Gasteiger partial charge in [-0.2, -0.15) is 0 Å². The van der Waals surface area contributed by atoms with E-state index in [0.717, 1.165) is 19.7 Å². The Balaban J connectivity index is 2.53. The first-order valence-corrected chi connectivity index (χ1v) is 7.07. The fraction of sp³-hybridized carbons (Fsp3) is 1.00. The molecule has 0 aromatic rings. The van der Waals surface area contributed by atoms with Crippen molar-refractivity contribution in [3.8, 4) is 0 Å². The average Bonchev–Trinajstić information content (AvgIpc) is 2.27. The van der Waals surface area contributed by atoms with E-state index in [2.05, 4.69) is 44.8 Å². The Hall–Kier alpha value is -0.120. The molecule has 0 radical (unpaired) electrons. The van der Waals surface area contributed by atoms with Crippen LogP contribution in [0.1, 0.15) is 34.6 Å².